The van der Waals surface area contributed by atoms with Crippen LogP contribution in [0.4, 0.5) is 20.3 Å². The van der Waals surface area contributed by atoms with Crippen molar-refractivity contribution in [2.75, 3.05) is 23.3 Å². The van der Waals surface area contributed by atoms with Gasteiger partial charge >= 0.3 is 0 Å². The molecule has 0 unspecified atom stereocenters. The Kier molecular flexibility index (Phi) is 4.69. The standard InChI is InChI=1S/C17H18F2N4O/c1-11-4-7-16(22-21-11)23-8-2-3-12(10-23)17(24)20-13-5-6-14(18)15(19)9-13/h4-7,9,12H,2-3,8,10H2,1H3,(H,20,24)/t12-/m0/s1. The Morgan fingerprint density at radius 2 is 2.04 bits per heavy atom. The maximum absolute atomic E-state index is 13.2. The number of rotatable bonds is 3. The fourth-order valence-corrected chi connectivity index (χ4v) is 2.78. The summed E-state index contributed by atoms with van der Waals surface area (Å²) in [4.78, 5) is 14.4. The molecule has 1 aliphatic heterocycles. The molecule has 0 bridgehead atoms. The first-order valence-corrected chi connectivity index (χ1v) is 7.84. The smallest absolute Gasteiger partial charge is 0.229 e. The minimum Gasteiger partial charge on any atom is -0.354 e. The highest BCUT2D eigenvalue weighted by molar-refractivity contribution is 5.93. The van der Waals surface area contributed by atoms with Gasteiger partial charge in [-0.25, -0.2) is 8.78 Å². The molecule has 1 N–H and O–H groups in total. The summed E-state index contributed by atoms with van der Waals surface area (Å²) in [5.41, 5.74) is 1.09. The van der Waals surface area contributed by atoms with Gasteiger partial charge in [0.1, 0.15) is 0 Å². The number of hydrogen-bond donors (Lipinski definition) is 1. The first kappa shape index (κ1) is 16.3. The second kappa shape index (κ2) is 6.90. The maximum Gasteiger partial charge on any atom is 0.229 e. The zero-order valence-corrected chi connectivity index (χ0v) is 13.3. The summed E-state index contributed by atoms with van der Waals surface area (Å²) in [6.07, 6.45) is 1.59. The summed E-state index contributed by atoms with van der Waals surface area (Å²) in [7, 11) is 0. The van der Waals surface area contributed by atoms with Crippen LogP contribution in [0.1, 0.15) is 18.5 Å². The van der Waals surface area contributed by atoms with Crippen molar-refractivity contribution in [3.8, 4) is 0 Å². The van der Waals surface area contributed by atoms with Crippen LogP contribution in [0.5, 0.6) is 0 Å². The average molecular weight is 332 g/mol. The van der Waals surface area contributed by atoms with Crippen LogP contribution >= 0.6 is 0 Å². The number of amides is 1. The molecule has 1 aromatic carbocycles. The molecule has 1 atom stereocenters. The van der Waals surface area contributed by atoms with Crippen LogP contribution in [-0.2, 0) is 4.79 Å². The highest BCUT2D eigenvalue weighted by Crippen LogP contribution is 2.23. The molecular weight excluding hydrogens is 314 g/mol. The Morgan fingerprint density at radius 1 is 1.21 bits per heavy atom. The van der Waals surface area contributed by atoms with Crippen molar-refractivity contribution in [2.24, 2.45) is 5.92 Å². The molecule has 1 aromatic heterocycles. The van der Waals surface area contributed by atoms with E-state index in [-0.39, 0.29) is 17.5 Å². The Hall–Kier alpha value is -2.57. The van der Waals surface area contributed by atoms with E-state index >= 15 is 0 Å². The molecule has 0 spiro atoms. The van der Waals surface area contributed by atoms with Gasteiger partial charge in [0.15, 0.2) is 17.5 Å². The van der Waals surface area contributed by atoms with E-state index in [0.717, 1.165) is 43.0 Å². The van der Waals surface area contributed by atoms with Gasteiger partial charge in [0.25, 0.3) is 0 Å². The van der Waals surface area contributed by atoms with Gasteiger partial charge in [-0.15, -0.1) is 5.10 Å². The zero-order valence-electron chi connectivity index (χ0n) is 13.3. The lowest BCUT2D eigenvalue weighted by atomic mass is 9.97. The molecular formula is C17H18F2N4O. The molecule has 126 valence electrons. The molecule has 7 heteroatoms. The van der Waals surface area contributed by atoms with Crippen LogP contribution < -0.4 is 10.2 Å². The molecule has 0 aliphatic carbocycles. The first-order chi connectivity index (χ1) is 11.5. The number of benzene rings is 1. The molecule has 24 heavy (non-hydrogen) atoms. The molecule has 3 rings (SSSR count). The molecule has 1 aliphatic rings. The van der Waals surface area contributed by atoms with Crippen molar-refractivity contribution in [2.45, 2.75) is 19.8 Å². The van der Waals surface area contributed by atoms with Gasteiger partial charge in [-0.2, -0.15) is 5.10 Å². The number of piperidine rings is 1. The third-order valence-corrected chi connectivity index (χ3v) is 4.09. The zero-order chi connectivity index (χ0) is 17.1. The van der Waals surface area contributed by atoms with E-state index in [9.17, 15) is 13.6 Å². The highest BCUT2D eigenvalue weighted by Gasteiger charge is 2.27. The summed E-state index contributed by atoms with van der Waals surface area (Å²) in [6.45, 7) is 3.20. The number of aryl methyl sites for hydroxylation is 1. The summed E-state index contributed by atoms with van der Waals surface area (Å²) in [5.74, 6) is -1.62. The quantitative estimate of drug-likeness (QED) is 0.939. The van der Waals surface area contributed by atoms with Gasteiger partial charge in [-0.1, -0.05) is 0 Å². The third-order valence-electron chi connectivity index (χ3n) is 4.09. The molecule has 1 amide bonds. The number of nitrogens with zero attached hydrogens (tertiary/aromatic N) is 3. The summed E-state index contributed by atoms with van der Waals surface area (Å²) >= 11 is 0. The van der Waals surface area contributed by atoms with Gasteiger partial charge < -0.3 is 10.2 Å². The van der Waals surface area contributed by atoms with E-state index in [1.165, 1.54) is 6.07 Å². The Balaban J connectivity index is 1.66. The number of halogens is 2. The minimum absolute atomic E-state index is 0.203. The van der Waals surface area contributed by atoms with Crippen molar-refractivity contribution in [3.05, 3.63) is 47.7 Å². The molecule has 5 nitrogen and oxygen atoms in total. The molecule has 1 saturated heterocycles. The fourth-order valence-electron chi connectivity index (χ4n) is 2.78. The third kappa shape index (κ3) is 3.67. The van der Waals surface area contributed by atoms with Crippen LogP contribution in [0.25, 0.3) is 0 Å². The monoisotopic (exact) mass is 332 g/mol. The second-order valence-corrected chi connectivity index (χ2v) is 5.94. The van der Waals surface area contributed by atoms with Crippen LogP contribution in [-0.4, -0.2) is 29.2 Å². The van der Waals surface area contributed by atoms with Gasteiger partial charge in [-0.3, -0.25) is 4.79 Å². The summed E-state index contributed by atoms with van der Waals surface area (Å²) in [6, 6.07) is 7.10. The van der Waals surface area contributed by atoms with E-state index in [1.807, 2.05) is 24.0 Å². The van der Waals surface area contributed by atoms with Crippen LogP contribution in [0.2, 0.25) is 0 Å². The van der Waals surface area contributed by atoms with Gasteiger partial charge in [0.2, 0.25) is 5.91 Å². The molecule has 0 saturated carbocycles. The minimum atomic E-state index is -0.979. The Labute approximate surface area is 138 Å². The van der Waals surface area contributed by atoms with E-state index in [2.05, 4.69) is 15.5 Å². The number of carbonyl (C=O) groups is 1. The molecule has 0 radical (unpaired) electrons. The van der Waals surface area contributed by atoms with E-state index in [0.29, 0.717) is 6.54 Å². The lowest BCUT2D eigenvalue weighted by Gasteiger charge is -2.32. The van der Waals surface area contributed by atoms with Crippen LogP contribution in [0.3, 0.4) is 0 Å². The predicted octanol–water partition coefficient (Wildman–Crippen LogP) is 2.92. The lowest BCUT2D eigenvalue weighted by molar-refractivity contribution is -0.120. The first-order valence-electron chi connectivity index (χ1n) is 7.84. The van der Waals surface area contributed by atoms with E-state index in [1.54, 1.807) is 0 Å². The number of nitrogens with one attached hydrogen (secondary N) is 1. The van der Waals surface area contributed by atoms with Gasteiger partial charge in [-0.05, 0) is 44.0 Å². The largest absolute Gasteiger partial charge is 0.354 e. The lowest BCUT2D eigenvalue weighted by Crippen LogP contribution is -2.41. The van der Waals surface area contributed by atoms with E-state index in [4.69, 9.17) is 0 Å². The van der Waals surface area contributed by atoms with Crippen molar-refractivity contribution in [3.63, 3.8) is 0 Å². The second-order valence-electron chi connectivity index (χ2n) is 5.94. The van der Waals surface area contributed by atoms with E-state index < -0.39 is 11.6 Å². The number of aromatic nitrogens is 2. The molecule has 1 fully saturated rings. The predicted molar refractivity (Wildman–Crippen MR) is 86.7 cm³/mol. The van der Waals surface area contributed by atoms with Crippen molar-refractivity contribution >= 4 is 17.4 Å². The molecule has 2 aromatic rings. The van der Waals surface area contributed by atoms with Crippen molar-refractivity contribution < 1.29 is 13.6 Å². The average Bonchev–Trinajstić information content (AvgIpc) is 2.59. The van der Waals surface area contributed by atoms with Crippen LogP contribution in [0, 0.1) is 24.5 Å². The number of carbonyl (C=O) groups excluding carboxylic acids is 1. The topological polar surface area (TPSA) is 58.1 Å². The number of hydrogen-bond acceptors (Lipinski definition) is 4. The Bertz CT molecular complexity index is 736. The maximum atomic E-state index is 13.2. The van der Waals surface area contributed by atoms with Gasteiger partial charge in [0.05, 0.1) is 11.6 Å². The Morgan fingerprint density at radius 3 is 2.75 bits per heavy atom. The summed E-state index contributed by atoms with van der Waals surface area (Å²) in [5, 5.41) is 10.8. The number of anilines is 2. The summed E-state index contributed by atoms with van der Waals surface area (Å²) < 4.78 is 26.2. The highest BCUT2D eigenvalue weighted by atomic mass is 19.2. The van der Waals surface area contributed by atoms with Gasteiger partial charge in [0, 0.05) is 24.8 Å². The van der Waals surface area contributed by atoms with Crippen LogP contribution in [0.15, 0.2) is 30.3 Å². The normalized spacial score (nSPS) is 17.6. The fraction of sp³-hybridized carbons (Fsp3) is 0.353. The SMILES string of the molecule is Cc1ccc(N2CCC[C@H](C(=O)Nc3ccc(F)c(F)c3)C2)nn1. The van der Waals surface area contributed by atoms with Crippen molar-refractivity contribution in [1.29, 1.82) is 0 Å². The van der Waals surface area contributed by atoms with Crippen molar-refractivity contribution in [1.82, 2.24) is 10.2 Å². The molecule has 2 heterocycles.